The minimum absolute atomic E-state index is 0. The highest BCUT2D eigenvalue weighted by Crippen LogP contribution is 2.17. The maximum absolute atomic E-state index is 13.2. The van der Waals surface area contributed by atoms with Crippen LogP contribution in [0.1, 0.15) is 6.42 Å². The van der Waals surface area contributed by atoms with Crippen LogP contribution in [-0.2, 0) is 10.0 Å². The zero-order chi connectivity index (χ0) is 15.3. The number of sulfonamides is 1. The smallest absolute Gasteiger partial charge is 0.240 e. The fourth-order valence-corrected chi connectivity index (χ4v) is 3.63. The Morgan fingerprint density at radius 2 is 1.87 bits per heavy atom. The summed E-state index contributed by atoms with van der Waals surface area (Å²) in [5, 5.41) is 3.33. The molecule has 0 amide bonds. The lowest BCUT2D eigenvalue weighted by molar-refractivity contribution is 0.239. The quantitative estimate of drug-likeness (QED) is 0.706. The Labute approximate surface area is 153 Å². The van der Waals surface area contributed by atoms with Crippen molar-refractivity contribution in [1.29, 1.82) is 0 Å². The van der Waals surface area contributed by atoms with Gasteiger partial charge in [-0.2, -0.15) is 0 Å². The van der Waals surface area contributed by atoms with E-state index in [0.29, 0.717) is 13.0 Å². The Kier molecular flexibility index (Phi) is 10.6. The molecule has 10 heteroatoms. The van der Waals surface area contributed by atoms with Gasteiger partial charge in [0.1, 0.15) is 5.82 Å². The van der Waals surface area contributed by atoms with Crippen LogP contribution in [-0.4, -0.2) is 52.6 Å². The Bertz CT molecular complexity index is 564. The summed E-state index contributed by atoms with van der Waals surface area (Å²) in [6.45, 7) is 5.05. The standard InChI is InChI=1S/C13H19ClFN3O2S.2ClH/c14-11-8-12(15)10-13(9-11)21(19,20)17-2-1-5-18-6-3-16-4-7-18;;/h8-10,16-17H,1-7H2;2*1H. The molecule has 1 aliphatic heterocycles. The van der Waals surface area contributed by atoms with Gasteiger partial charge in [-0.15, -0.1) is 24.8 Å². The van der Waals surface area contributed by atoms with Crippen molar-refractivity contribution in [2.45, 2.75) is 11.3 Å². The first-order valence-electron chi connectivity index (χ1n) is 6.86. The first-order valence-corrected chi connectivity index (χ1v) is 8.72. The molecule has 1 saturated heterocycles. The van der Waals surface area contributed by atoms with Crippen LogP contribution in [0.15, 0.2) is 23.1 Å². The summed E-state index contributed by atoms with van der Waals surface area (Å²) in [5.41, 5.74) is 0. The molecule has 134 valence electrons. The summed E-state index contributed by atoms with van der Waals surface area (Å²) >= 11 is 5.67. The fourth-order valence-electron chi connectivity index (χ4n) is 2.21. The predicted molar refractivity (Wildman–Crippen MR) is 95.0 cm³/mol. The van der Waals surface area contributed by atoms with Crippen LogP contribution in [0.5, 0.6) is 0 Å². The van der Waals surface area contributed by atoms with Crippen molar-refractivity contribution in [2.24, 2.45) is 0 Å². The number of halogens is 4. The van der Waals surface area contributed by atoms with Gasteiger partial charge in [-0.05, 0) is 31.2 Å². The Morgan fingerprint density at radius 3 is 2.48 bits per heavy atom. The number of nitrogens with one attached hydrogen (secondary N) is 2. The van der Waals surface area contributed by atoms with Crippen LogP contribution in [0.3, 0.4) is 0 Å². The summed E-state index contributed by atoms with van der Waals surface area (Å²) in [5.74, 6) is -0.663. The molecular weight excluding hydrogens is 388 g/mol. The summed E-state index contributed by atoms with van der Waals surface area (Å²) in [6, 6.07) is 3.28. The van der Waals surface area contributed by atoms with E-state index in [4.69, 9.17) is 11.6 Å². The van der Waals surface area contributed by atoms with E-state index in [1.165, 1.54) is 6.07 Å². The molecule has 1 aliphatic rings. The minimum atomic E-state index is -3.71. The molecule has 0 bridgehead atoms. The van der Waals surface area contributed by atoms with E-state index in [2.05, 4.69) is 14.9 Å². The third-order valence-electron chi connectivity index (χ3n) is 3.30. The van der Waals surface area contributed by atoms with Gasteiger partial charge in [0.05, 0.1) is 4.90 Å². The van der Waals surface area contributed by atoms with Gasteiger partial charge >= 0.3 is 0 Å². The molecule has 1 aromatic rings. The number of benzene rings is 1. The summed E-state index contributed by atoms with van der Waals surface area (Å²) in [4.78, 5) is 2.14. The largest absolute Gasteiger partial charge is 0.314 e. The van der Waals surface area contributed by atoms with Crippen LogP contribution in [0, 0.1) is 5.82 Å². The Balaban J connectivity index is 0.00000242. The highest BCUT2D eigenvalue weighted by Gasteiger charge is 2.16. The van der Waals surface area contributed by atoms with Crippen LogP contribution in [0.2, 0.25) is 5.02 Å². The monoisotopic (exact) mass is 407 g/mol. The second-order valence-electron chi connectivity index (χ2n) is 4.95. The highest BCUT2D eigenvalue weighted by atomic mass is 35.5. The van der Waals surface area contributed by atoms with E-state index in [0.717, 1.165) is 44.9 Å². The van der Waals surface area contributed by atoms with Crippen molar-refractivity contribution < 1.29 is 12.8 Å². The van der Waals surface area contributed by atoms with Crippen molar-refractivity contribution >= 4 is 46.4 Å². The first kappa shape index (κ1) is 22.9. The van der Waals surface area contributed by atoms with Crippen LogP contribution in [0.4, 0.5) is 4.39 Å². The summed E-state index contributed by atoms with van der Waals surface area (Å²) in [7, 11) is -3.71. The van der Waals surface area contributed by atoms with Gasteiger partial charge in [-0.25, -0.2) is 17.5 Å². The van der Waals surface area contributed by atoms with E-state index >= 15 is 0 Å². The first-order chi connectivity index (χ1) is 9.97. The molecule has 2 rings (SSSR count). The van der Waals surface area contributed by atoms with Crippen molar-refractivity contribution in [1.82, 2.24) is 14.9 Å². The van der Waals surface area contributed by atoms with E-state index in [1.54, 1.807) is 0 Å². The van der Waals surface area contributed by atoms with Crippen molar-refractivity contribution in [3.05, 3.63) is 29.0 Å². The SMILES string of the molecule is Cl.Cl.O=S(=O)(NCCCN1CCNCC1)c1cc(F)cc(Cl)c1. The van der Waals surface area contributed by atoms with Gasteiger partial charge in [-0.3, -0.25) is 0 Å². The number of nitrogens with zero attached hydrogens (tertiary/aromatic N) is 1. The van der Waals surface area contributed by atoms with Gasteiger partial charge in [0.2, 0.25) is 10.0 Å². The van der Waals surface area contributed by atoms with E-state index in [9.17, 15) is 12.8 Å². The van der Waals surface area contributed by atoms with E-state index < -0.39 is 15.8 Å². The molecule has 23 heavy (non-hydrogen) atoms. The van der Waals surface area contributed by atoms with E-state index in [-0.39, 0.29) is 34.7 Å². The maximum atomic E-state index is 13.2. The van der Waals surface area contributed by atoms with Gasteiger partial charge in [0.25, 0.3) is 0 Å². The number of piperazine rings is 1. The third-order valence-corrected chi connectivity index (χ3v) is 4.96. The molecular formula is C13H21Cl3FN3O2S. The molecule has 0 saturated carbocycles. The number of hydrogen-bond donors (Lipinski definition) is 2. The Hall–Kier alpha value is -0.150. The number of hydrogen-bond acceptors (Lipinski definition) is 4. The minimum Gasteiger partial charge on any atom is -0.314 e. The molecule has 0 aromatic heterocycles. The van der Waals surface area contributed by atoms with Crippen LogP contribution in [0.25, 0.3) is 0 Å². The Morgan fingerprint density at radius 1 is 1.22 bits per heavy atom. The molecule has 1 fully saturated rings. The zero-order valence-electron chi connectivity index (χ0n) is 12.4. The molecule has 2 N–H and O–H groups in total. The average Bonchev–Trinajstić information content (AvgIpc) is 2.44. The lowest BCUT2D eigenvalue weighted by atomic mass is 10.3. The second kappa shape index (κ2) is 10.7. The molecule has 0 radical (unpaired) electrons. The molecule has 0 unspecified atom stereocenters. The van der Waals surface area contributed by atoms with Crippen molar-refractivity contribution in [2.75, 3.05) is 39.3 Å². The predicted octanol–water partition coefficient (Wildman–Crippen LogP) is 1.90. The topological polar surface area (TPSA) is 61.4 Å². The molecule has 0 aliphatic carbocycles. The van der Waals surface area contributed by atoms with Crippen molar-refractivity contribution in [3.63, 3.8) is 0 Å². The maximum Gasteiger partial charge on any atom is 0.240 e. The molecule has 1 heterocycles. The average molecular weight is 409 g/mol. The normalized spacial score (nSPS) is 15.6. The van der Waals surface area contributed by atoms with Crippen LogP contribution >= 0.6 is 36.4 Å². The second-order valence-corrected chi connectivity index (χ2v) is 7.15. The lowest BCUT2D eigenvalue weighted by Gasteiger charge is -2.27. The molecule has 1 aromatic carbocycles. The molecule has 5 nitrogen and oxygen atoms in total. The summed E-state index contributed by atoms with van der Waals surface area (Å²) in [6.07, 6.45) is 0.711. The van der Waals surface area contributed by atoms with Gasteiger partial charge < -0.3 is 10.2 Å². The van der Waals surface area contributed by atoms with Gasteiger partial charge in [0.15, 0.2) is 0 Å². The molecule has 0 spiro atoms. The van der Waals surface area contributed by atoms with Crippen molar-refractivity contribution in [3.8, 4) is 0 Å². The lowest BCUT2D eigenvalue weighted by Crippen LogP contribution is -2.44. The van der Waals surface area contributed by atoms with Gasteiger partial charge in [-0.1, -0.05) is 11.6 Å². The summed E-state index contributed by atoms with van der Waals surface area (Å²) < 4.78 is 39.7. The molecule has 0 atom stereocenters. The third kappa shape index (κ3) is 7.51. The number of rotatable bonds is 6. The highest BCUT2D eigenvalue weighted by molar-refractivity contribution is 7.89. The van der Waals surface area contributed by atoms with Crippen LogP contribution < -0.4 is 10.0 Å². The zero-order valence-corrected chi connectivity index (χ0v) is 15.6. The fraction of sp³-hybridized carbons (Fsp3) is 0.538. The van der Waals surface area contributed by atoms with Gasteiger partial charge in [0, 0.05) is 37.7 Å². The van der Waals surface area contributed by atoms with E-state index in [1.807, 2.05) is 0 Å².